The molecule has 1 atom stereocenters. The number of nitrogens with two attached hydrogens (primary N) is 1. The molecule has 0 aromatic heterocycles. The average Bonchev–Trinajstić information content (AvgIpc) is 2.97. The SMILES string of the molecule is CCNC(=O)c1ccc(N)cc1N(CC)CC1CCCO1. The van der Waals surface area contributed by atoms with Crippen molar-refractivity contribution in [1.82, 2.24) is 5.32 Å². The van der Waals surface area contributed by atoms with E-state index in [1.54, 1.807) is 12.1 Å². The first kappa shape index (κ1) is 15.6. The molecule has 1 saturated heterocycles. The summed E-state index contributed by atoms with van der Waals surface area (Å²) in [6.07, 6.45) is 2.44. The number of likely N-dealkylation sites (N-methyl/N-ethyl adjacent to an activating group) is 1. The summed E-state index contributed by atoms with van der Waals surface area (Å²) < 4.78 is 5.71. The number of amides is 1. The summed E-state index contributed by atoms with van der Waals surface area (Å²) in [6.45, 7) is 7.06. The first-order valence-corrected chi connectivity index (χ1v) is 7.70. The van der Waals surface area contributed by atoms with E-state index < -0.39 is 0 Å². The van der Waals surface area contributed by atoms with Crippen LogP contribution in [-0.4, -0.2) is 38.3 Å². The van der Waals surface area contributed by atoms with Gasteiger partial charge < -0.3 is 20.7 Å². The summed E-state index contributed by atoms with van der Waals surface area (Å²) in [6, 6.07) is 5.45. The van der Waals surface area contributed by atoms with Gasteiger partial charge in [-0.3, -0.25) is 4.79 Å². The van der Waals surface area contributed by atoms with Gasteiger partial charge in [0.25, 0.3) is 5.91 Å². The molecule has 0 radical (unpaired) electrons. The van der Waals surface area contributed by atoms with Crippen LogP contribution >= 0.6 is 0 Å². The summed E-state index contributed by atoms with van der Waals surface area (Å²) in [5.41, 5.74) is 8.14. The Bertz CT molecular complexity index is 484. The maximum absolute atomic E-state index is 12.2. The quantitative estimate of drug-likeness (QED) is 0.787. The summed E-state index contributed by atoms with van der Waals surface area (Å²) in [7, 11) is 0. The number of hydrogen-bond donors (Lipinski definition) is 2. The fourth-order valence-corrected chi connectivity index (χ4v) is 2.69. The first-order valence-electron chi connectivity index (χ1n) is 7.70. The van der Waals surface area contributed by atoms with Crippen molar-refractivity contribution in [3.05, 3.63) is 23.8 Å². The van der Waals surface area contributed by atoms with Crippen molar-refractivity contribution < 1.29 is 9.53 Å². The molecule has 0 spiro atoms. The minimum atomic E-state index is -0.0571. The van der Waals surface area contributed by atoms with Crippen molar-refractivity contribution in [3.63, 3.8) is 0 Å². The Labute approximate surface area is 126 Å². The maximum Gasteiger partial charge on any atom is 0.253 e. The second-order valence-electron chi connectivity index (χ2n) is 5.31. The molecule has 3 N–H and O–H groups in total. The number of anilines is 2. The van der Waals surface area contributed by atoms with Gasteiger partial charge in [0.2, 0.25) is 0 Å². The highest BCUT2D eigenvalue weighted by atomic mass is 16.5. The molecule has 1 heterocycles. The smallest absolute Gasteiger partial charge is 0.253 e. The van der Waals surface area contributed by atoms with Crippen molar-refractivity contribution in [3.8, 4) is 0 Å². The van der Waals surface area contributed by atoms with Crippen molar-refractivity contribution in [2.75, 3.05) is 36.9 Å². The third-order valence-corrected chi connectivity index (χ3v) is 3.77. The monoisotopic (exact) mass is 291 g/mol. The molecule has 1 fully saturated rings. The van der Waals surface area contributed by atoms with Crippen molar-refractivity contribution in [2.45, 2.75) is 32.8 Å². The van der Waals surface area contributed by atoms with E-state index in [4.69, 9.17) is 10.5 Å². The summed E-state index contributed by atoms with van der Waals surface area (Å²) in [4.78, 5) is 14.4. The van der Waals surface area contributed by atoms with Gasteiger partial charge in [-0.2, -0.15) is 0 Å². The Balaban J connectivity index is 2.25. The molecular formula is C16H25N3O2. The van der Waals surface area contributed by atoms with E-state index in [0.29, 0.717) is 17.8 Å². The lowest BCUT2D eigenvalue weighted by Gasteiger charge is -2.28. The highest BCUT2D eigenvalue weighted by Gasteiger charge is 2.22. The lowest BCUT2D eigenvalue weighted by molar-refractivity contribution is 0.0955. The molecule has 1 aliphatic rings. The van der Waals surface area contributed by atoms with Crippen LogP contribution in [0.25, 0.3) is 0 Å². The molecule has 1 unspecified atom stereocenters. The standard InChI is InChI=1S/C16H25N3O2/c1-3-18-16(20)14-8-7-12(17)10-15(14)19(4-2)11-13-6-5-9-21-13/h7-8,10,13H,3-6,9,11,17H2,1-2H3,(H,18,20). The fourth-order valence-electron chi connectivity index (χ4n) is 2.69. The normalized spacial score (nSPS) is 17.7. The molecule has 116 valence electrons. The van der Waals surface area contributed by atoms with Crippen LogP contribution in [-0.2, 0) is 4.74 Å². The fraction of sp³-hybridized carbons (Fsp3) is 0.562. The maximum atomic E-state index is 12.2. The molecule has 1 amide bonds. The number of nitrogens with zero attached hydrogens (tertiary/aromatic N) is 1. The second kappa shape index (κ2) is 7.31. The zero-order chi connectivity index (χ0) is 15.2. The van der Waals surface area contributed by atoms with Crippen LogP contribution in [0.15, 0.2) is 18.2 Å². The number of carbonyl (C=O) groups is 1. The average molecular weight is 291 g/mol. The summed E-state index contributed by atoms with van der Waals surface area (Å²) in [5, 5.41) is 2.86. The largest absolute Gasteiger partial charge is 0.399 e. The van der Waals surface area contributed by atoms with Gasteiger partial charge in [0, 0.05) is 31.9 Å². The Morgan fingerprint density at radius 2 is 2.29 bits per heavy atom. The molecule has 1 aromatic carbocycles. The van der Waals surface area contributed by atoms with Crippen LogP contribution in [0.2, 0.25) is 0 Å². The van der Waals surface area contributed by atoms with Crippen LogP contribution in [0.3, 0.4) is 0 Å². The third-order valence-electron chi connectivity index (χ3n) is 3.77. The number of benzene rings is 1. The second-order valence-corrected chi connectivity index (χ2v) is 5.31. The number of rotatable bonds is 6. The highest BCUT2D eigenvalue weighted by molar-refractivity contribution is 6.00. The topological polar surface area (TPSA) is 67.6 Å². The molecule has 2 rings (SSSR count). The van der Waals surface area contributed by atoms with Gasteiger partial charge in [-0.25, -0.2) is 0 Å². The lowest BCUT2D eigenvalue weighted by Crippen LogP contribution is -2.34. The van der Waals surface area contributed by atoms with E-state index in [1.807, 2.05) is 13.0 Å². The number of carbonyl (C=O) groups excluding carboxylic acids is 1. The van der Waals surface area contributed by atoms with Gasteiger partial charge in [0.05, 0.1) is 17.4 Å². The zero-order valence-corrected chi connectivity index (χ0v) is 12.9. The van der Waals surface area contributed by atoms with E-state index in [9.17, 15) is 4.79 Å². The van der Waals surface area contributed by atoms with Crippen molar-refractivity contribution in [2.24, 2.45) is 0 Å². The van der Waals surface area contributed by atoms with Crippen LogP contribution in [0.4, 0.5) is 11.4 Å². The summed E-state index contributed by atoms with van der Waals surface area (Å²) in [5.74, 6) is -0.0571. The molecule has 1 aliphatic heterocycles. The molecule has 0 aliphatic carbocycles. The number of nitrogen functional groups attached to an aromatic ring is 1. The van der Waals surface area contributed by atoms with Gasteiger partial charge >= 0.3 is 0 Å². The van der Waals surface area contributed by atoms with Crippen LogP contribution in [0.1, 0.15) is 37.0 Å². The predicted molar refractivity (Wildman–Crippen MR) is 85.7 cm³/mol. The highest BCUT2D eigenvalue weighted by Crippen LogP contribution is 2.25. The Hall–Kier alpha value is -1.75. The van der Waals surface area contributed by atoms with E-state index >= 15 is 0 Å². The van der Waals surface area contributed by atoms with Crippen molar-refractivity contribution in [1.29, 1.82) is 0 Å². The molecule has 21 heavy (non-hydrogen) atoms. The minimum absolute atomic E-state index is 0.0571. The van der Waals surface area contributed by atoms with E-state index in [2.05, 4.69) is 17.1 Å². The van der Waals surface area contributed by atoms with Gasteiger partial charge in [0.1, 0.15) is 0 Å². The van der Waals surface area contributed by atoms with E-state index in [0.717, 1.165) is 38.2 Å². The Morgan fingerprint density at radius 3 is 2.90 bits per heavy atom. The lowest BCUT2D eigenvalue weighted by atomic mass is 10.1. The molecule has 5 heteroatoms. The van der Waals surface area contributed by atoms with Crippen LogP contribution < -0.4 is 16.0 Å². The zero-order valence-electron chi connectivity index (χ0n) is 12.9. The first-order chi connectivity index (χ1) is 10.2. The van der Waals surface area contributed by atoms with Gasteiger partial charge in [-0.1, -0.05) is 0 Å². The van der Waals surface area contributed by atoms with Crippen LogP contribution in [0.5, 0.6) is 0 Å². The van der Waals surface area contributed by atoms with Gasteiger partial charge in [-0.05, 0) is 44.9 Å². The predicted octanol–water partition coefficient (Wildman–Crippen LogP) is 2.02. The molecule has 0 bridgehead atoms. The third kappa shape index (κ3) is 3.88. The van der Waals surface area contributed by atoms with Gasteiger partial charge in [-0.15, -0.1) is 0 Å². The molecule has 1 aromatic rings. The molecular weight excluding hydrogens is 266 g/mol. The number of hydrogen-bond acceptors (Lipinski definition) is 4. The van der Waals surface area contributed by atoms with E-state index in [-0.39, 0.29) is 12.0 Å². The van der Waals surface area contributed by atoms with Gasteiger partial charge in [0.15, 0.2) is 0 Å². The Morgan fingerprint density at radius 1 is 1.48 bits per heavy atom. The molecule has 0 saturated carbocycles. The van der Waals surface area contributed by atoms with Crippen molar-refractivity contribution >= 4 is 17.3 Å². The number of ether oxygens (including phenoxy) is 1. The summed E-state index contributed by atoms with van der Waals surface area (Å²) >= 11 is 0. The Kier molecular flexibility index (Phi) is 5.44. The molecule has 5 nitrogen and oxygen atoms in total. The number of nitrogens with one attached hydrogen (secondary N) is 1. The minimum Gasteiger partial charge on any atom is -0.399 e. The van der Waals surface area contributed by atoms with Crippen LogP contribution in [0, 0.1) is 0 Å². The van der Waals surface area contributed by atoms with E-state index in [1.165, 1.54) is 0 Å².